The Morgan fingerprint density at radius 3 is 2.81 bits per heavy atom. The monoisotopic (exact) mass is 287 g/mol. The van der Waals surface area contributed by atoms with Crippen LogP contribution in [0.2, 0.25) is 0 Å². The highest BCUT2D eigenvalue weighted by molar-refractivity contribution is 9.10. The lowest BCUT2D eigenvalue weighted by molar-refractivity contribution is 0.0696. The molecule has 88 valence electrons. The smallest absolute Gasteiger partial charge is 0.336 e. The summed E-state index contributed by atoms with van der Waals surface area (Å²) in [5.74, 6) is -0.941. The van der Waals surface area contributed by atoms with E-state index < -0.39 is 5.97 Å². The van der Waals surface area contributed by atoms with Crippen molar-refractivity contribution in [3.05, 3.63) is 28.2 Å². The maximum absolute atomic E-state index is 10.8. The Morgan fingerprint density at radius 1 is 1.62 bits per heavy atom. The van der Waals surface area contributed by atoms with Crippen molar-refractivity contribution in [3.63, 3.8) is 0 Å². The first-order valence-corrected chi connectivity index (χ1v) is 5.63. The molecule has 0 aliphatic heterocycles. The average Bonchev–Trinajstić information content (AvgIpc) is 2.25. The molecule has 0 aromatic heterocycles. The maximum atomic E-state index is 10.8. The summed E-state index contributed by atoms with van der Waals surface area (Å²) < 4.78 is 5.66. The van der Waals surface area contributed by atoms with E-state index in [9.17, 15) is 4.79 Å². The van der Waals surface area contributed by atoms with Gasteiger partial charge in [0, 0.05) is 23.8 Å². The number of methoxy groups -OCH3 is 1. The van der Waals surface area contributed by atoms with Gasteiger partial charge in [-0.15, -0.1) is 0 Å². The van der Waals surface area contributed by atoms with Crippen LogP contribution in [0.15, 0.2) is 22.7 Å². The summed E-state index contributed by atoms with van der Waals surface area (Å²) >= 11 is 3.22. The third-order valence-electron chi connectivity index (χ3n) is 2.20. The normalized spacial score (nSPS) is 12.2. The molecule has 1 unspecified atom stereocenters. The molecule has 0 saturated heterocycles. The molecule has 2 N–H and O–H groups in total. The molecule has 0 heterocycles. The highest BCUT2D eigenvalue weighted by Crippen LogP contribution is 2.21. The largest absolute Gasteiger partial charge is 0.478 e. The molecule has 1 aromatic carbocycles. The van der Waals surface area contributed by atoms with E-state index >= 15 is 0 Å². The first-order chi connectivity index (χ1) is 7.54. The van der Waals surface area contributed by atoms with Gasteiger partial charge in [-0.25, -0.2) is 4.79 Å². The summed E-state index contributed by atoms with van der Waals surface area (Å²) in [6.45, 7) is 2.63. The van der Waals surface area contributed by atoms with E-state index in [1.807, 2.05) is 6.92 Å². The van der Waals surface area contributed by atoms with Crippen molar-refractivity contribution in [1.82, 2.24) is 0 Å². The molecular formula is C11H14BrNO3. The second-order valence-electron chi connectivity index (χ2n) is 3.43. The molecule has 5 heteroatoms. The number of carbonyl (C=O) groups is 1. The number of benzene rings is 1. The first-order valence-electron chi connectivity index (χ1n) is 4.84. The lowest BCUT2D eigenvalue weighted by atomic mass is 10.2. The van der Waals surface area contributed by atoms with Gasteiger partial charge >= 0.3 is 5.97 Å². The minimum atomic E-state index is -0.941. The molecule has 1 rings (SSSR count). The van der Waals surface area contributed by atoms with E-state index in [2.05, 4.69) is 21.2 Å². The van der Waals surface area contributed by atoms with Gasteiger partial charge in [-0.1, -0.05) is 0 Å². The summed E-state index contributed by atoms with van der Waals surface area (Å²) in [5, 5.41) is 12.0. The van der Waals surface area contributed by atoms with Crippen molar-refractivity contribution < 1.29 is 14.6 Å². The third kappa shape index (κ3) is 3.50. The molecule has 0 amide bonds. The molecule has 0 bridgehead atoms. The van der Waals surface area contributed by atoms with Crippen molar-refractivity contribution in [2.24, 2.45) is 0 Å². The fourth-order valence-electron chi connectivity index (χ4n) is 1.14. The molecule has 1 aromatic rings. The van der Waals surface area contributed by atoms with E-state index in [1.54, 1.807) is 25.3 Å². The summed E-state index contributed by atoms with van der Waals surface area (Å²) in [5.41, 5.74) is 1.12. The molecule has 0 radical (unpaired) electrons. The van der Waals surface area contributed by atoms with Crippen LogP contribution < -0.4 is 5.32 Å². The zero-order valence-corrected chi connectivity index (χ0v) is 10.7. The van der Waals surface area contributed by atoms with Crippen molar-refractivity contribution in [3.8, 4) is 0 Å². The second-order valence-corrected chi connectivity index (χ2v) is 4.28. The highest BCUT2D eigenvalue weighted by Gasteiger charge is 2.08. The van der Waals surface area contributed by atoms with Crippen LogP contribution in [0.5, 0.6) is 0 Å². The van der Waals surface area contributed by atoms with Crippen LogP contribution in [0, 0.1) is 0 Å². The van der Waals surface area contributed by atoms with Crippen molar-refractivity contribution >= 4 is 27.6 Å². The van der Waals surface area contributed by atoms with E-state index in [4.69, 9.17) is 9.84 Å². The zero-order valence-electron chi connectivity index (χ0n) is 9.16. The number of ether oxygens (including phenoxy) is 1. The molecule has 0 spiro atoms. The molecule has 0 fully saturated rings. The van der Waals surface area contributed by atoms with Crippen LogP contribution in [0.3, 0.4) is 0 Å². The second kappa shape index (κ2) is 5.86. The fraction of sp³-hybridized carbons (Fsp3) is 0.364. The van der Waals surface area contributed by atoms with Gasteiger partial charge in [0.15, 0.2) is 0 Å². The molecule has 4 nitrogen and oxygen atoms in total. The quantitative estimate of drug-likeness (QED) is 0.874. The van der Waals surface area contributed by atoms with Gasteiger partial charge in [-0.3, -0.25) is 0 Å². The number of rotatable bonds is 5. The van der Waals surface area contributed by atoms with Gasteiger partial charge in [-0.2, -0.15) is 0 Å². The Labute approximate surface area is 103 Å². The minimum Gasteiger partial charge on any atom is -0.478 e. The van der Waals surface area contributed by atoms with Gasteiger partial charge in [0.2, 0.25) is 0 Å². The Bertz CT molecular complexity index is 381. The van der Waals surface area contributed by atoms with E-state index in [0.29, 0.717) is 11.0 Å². The van der Waals surface area contributed by atoms with Crippen molar-refractivity contribution in [2.45, 2.75) is 13.0 Å². The van der Waals surface area contributed by atoms with E-state index in [0.717, 1.165) is 5.69 Å². The molecule has 0 saturated carbocycles. The predicted octanol–water partition coefficient (Wildman–Crippen LogP) is 2.59. The van der Waals surface area contributed by atoms with Crippen LogP contribution in [-0.4, -0.2) is 30.8 Å². The number of anilines is 1. The summed E-state index contributed by atoms with van der Waals surface area (Å²) in [6, 6.07) is 5.04. The van der Waals surface area contributed by atoms with Crippen molar-refractivity contribution in [1.29, 1.82) is 0 Å². The molecule has 16 heavy (non-hydrogen) atoms. The number of hydrogen-bond acceptors (Lipinski definition) is 3. The van der Waals surface area contributed by atoms with Gasteiger partial charge in [0.1, 0.15) is 0 Å². The third-order valence-corrected chi connectivity index (χ3v) is 2.85. The SMILES string of the molecule is COC(C)CNc1ccc(C(=O)O)c(Br)c1. The Balaban J connectivity index is 2.70. The Hall–Kier alpha value is -1.07. The topological polar surface area (TPSA) is 58.6 Å². The number of aromatic carboxylic acids is 1. The van der Waals surface area contributed by atoms with Crippen LogP contribution in [0.4, 0.5) is 5.69 Å². The van der Waals surface area contributed by atoms with Crippen LogP contribution in [0.25, 0.3) is 0 Å². The fourth-order valence-corrected chi connectivity index (χ4v) is 1.69. The van der Waals surface area contributed by atoms with Gasteiger partial charge in [0.25, 0.3) is 0 Å². The van der Waals surface area contributed by atoms with Gasteiger partial charge in [0.05, 0.1) is 11.7 Å². The Kier molecular flexibility index (Phi) is 4.76. The zero-order chi connectivity index (χ0) is 12.1. The molecule has 0 aliphatic rings. The molecule has 1 atom stereocenters. The summed E-state index contributed by atoms with van der Waals surface area (Å²) in [4.78, 5) is 10.8. The first kappa shape index (κ1) is 13.0. The lowest BCUT2D eigenvalue weighted by Crippen LogP contribution is -2.18. The lowest BCUT2D eigenvalue weighted by Gasteiger charge is -2.12. The maximum Gasteiger partial charge on any atom is 0.336 e. The average molecular weight is 288 g/mol. The molecular weight excluding hydrogens is 274 g/mol. The summed E-state index contributed by atoms with van der Waals surface area (Å²) in [7, 11) is 1.65. The predicted molar refractivity (Wildman–Crippen MR) is 66.1 cm³/mol. The van der Waals surface area contributed by atoms with Crippen molar-refractivity contribution in [2.75, 3.05) is 19.0 Å². The number of halogens is 1. The standard InChI is InChI=1S/C11H14BrNO3/c1-7(16-2)6-13-8-3-4-9(11(14)15)10(12)5-8/h3-5,7,13H,6H2,1-2H3,(H,14,15). The van der Waals surface area contributed by atoms with Crippen LogP contribution >= 0.6 is 15.9 Å². The number of nitrogens with one attached hydrogen (secondary N) is 1. The van der Waals surface area contributed by atoms with Gasteiger partial charge in [-0.05, 0) is 41.1 Å². The summed E-state index contributed by atoms with van der Waals surface area (Å²) in [6.07, 6.45) is 0.109. The van der Waals surface area contributed by atoms with Crippen LogP contribution in [-0.2, 0) is 4.74 Å². The minimum absolute atomic E-state index is 0.109. The highest BCUT2D eigenvalue weighted by atomic mass is 79.9. The van der Waals surface area contributed by atoms with E-state index in [1.165, 1.54) is 0 Å². The molecule has 0 aliphatic carbocycles. The number of hydrogen-bond donors (Lipinski definition) is 2. The van der Waals surface area contributed by atoms with Gasteiger partial charge < -0.3 is 15.2 Å². The number of carboxylic acids is 1. The Morgan fingerprint density at radius 2 is 2.31 bits per heavy atom. The number of carboxylic acid groups (broad SMARTS) is 1. The van der Waals surface area contributed by atoms with E-state index in [-0.39, 0.29) is 11.7 Å². The van der Waals surface area contributed by atoms with Crippen LogP contribution in [0.1, 0.15) is 17.3 Å².